The van der Waals surface area contributed by atoms with Gasteiger partial charge in [-0.15, -0.1) is 0 Å². The Morgan fingerprint density at radius 3 is 2.22 bits per heavy atom. The second-order valence-electron chi connectivity index (χ2n) is 12.0. The number of carboxylic acids is 1. The van der Waals surface area contributed by atoms with E-state index < -0.39 is 11.5 Å². The number of hydrogen-bond acceptors (Lipinski definition) is 5. The van der Waals surface area contributed by atoms with Crippen molar-refractivity contribution in [3.8, 4) is 11.5 Å². The van der Waals surface area contributed by atoms with Gasteiger partial charge in [-0.25, -0.2) is 4.79 Å². The van der Waals surface area contributed by atoms with Gasteiger partial charge in [-0.1, -0.05) is 57.6 Å². The summed E-state index contributed by atoms with van der Waals surface area (Å²) >= 11 is 0. The van der Waals surface area contributed by atoms with Gasteiger partial charge in [-0.3, -0.25) is 14.5 Å². The van der Waals surface area contributed by atoms with Crippen LogP contribution in [0.2, 0.25) is 0 Å². The van der Waals surface area contributed by atoms with Gasteiger partial charge in [-0.2, -0.15) is 0 Å². The number of nitrogens with zero attached hydrogens (tertiary/aromatic N) is 2. The number of hydrogen-bond donors (Lipinski definition) is 2. The van der Waals surface area contributed by atoms with Crippen LogP contribution in [0.3, 0.4) is 0 Å². The number of carbonyl (C=O) groups is 3. The Bertz CT molecular complexity index is 1200. The van der Waals surface area contributed by atoms with Crippen LogP contribution in [-0.2, 0) is 16.1 Å². The summed E-state index contributed by atoms with van der Waals surface area (Å²) in [5.74, 6) is 1.01. The maximum Gasteiger partial charge on any atom is 0.335 e. The van der Waals surface area contributed by atoms with Crippen LogP contribution in [0.1, 0.15) is 87.1 Å². The molecule has 1 atom stereocenters. The molecule has 3 fully saturated rings. The third-order valence-electron chi connectivity index (χ3n) is 9.19. The fraction of sp³-hybridized carbons (Fsp3) is 0.545. The first-order valence-corrected chi connectivity index (χ1v) is 15.3. The molecule has 220 valence electrons. The molecule has 2 N–H and O–H groups in total. The number of carboxylic acid groups (broad SMARTS) is 1. The number of piperidine rings is 1. The molecule has 2 aromatic carbocycles. The maximum absolute atomic E-state index is 13.8. The molecule has 0 aromatic heterocycles. The largest absolute Gasteiger partial charge is 0.478 e. The molecule has 2 saturated heterocycles. The van der Waals surface area contributed by atoms with Gasteiger partial charge in [0.1, 0.15) is 23.1 Å². The molecule has 2 aromatic rings. The second-order valence-corrected chi connectivity index (χ2v) is 12.0. The minimum Gasteiger partial charge on any atom is -0.478 e. The Morgan fingerprint density at radius 1 is 0.976 bits per heavy atom. The van der Waals surface area contributed by atoms with Gasteiger partial charge in [0.05, 0.1) is 5.56 Å². The Hall–Kier alpha value is -3.39. The molecule has 1 saturated carbocycles. The Balaban J connectivity index is 1.18. The van der Waals surface area contributed by atoms with Crippen molar-refractivity contribution in [2.45, 2.75) is 89.3 Å². The molecule has 0 bridgehead atoms. The average Bonchev–Trinajstić information content (AvgIpc) is 2.99. The molecule has 2 amide bonds. The highest BCUT2D eigenvalue weighted by atomic mass is 16.5. The van der Waals surface area contributed by atoms with Crippen molar-refractivity contribution in [3.63, 3.8) is 0 Å². The molecule has 2 aliphatic heterocycles. The van der Waals surface area contributed by atoms with E-state index in [2.05, 4.69) is 17.1 Å². The number of aromatic carboxylic acids is 1. The summed E-state index contributed by atoms with van der Waals surface area (Å²) in [5.41, 5.74) is 0.632. The number of carbonyl (C=O) groups excluding carboxylic acids is 2. The second kappa shape index (κ2) is 13.1. The number of piperazine rings is 1. The topological polar surface area (TPSA) is 99.2 Å². The van der Waals surface area contributed by atoms with E-state index in [1.165, 1.54) is 44.2 Å². The number of nitrogens with one attached hydrogen (secondary N) is 1. The number of benzene rings is 2. The van der Waals surface area contributed by atoms with Gasteiger partial charge >= 0.3 is 5.97 Å². The molecule has 8 heteroatoms. The minimum absolute atomic E-state index is 0.0477. The predicted octanol–water partition coefficient (Wildman–Crippen LogP) is 5.61. The van der Waals surface area contributed by atoms with Gasteiger partial charge < -0.3 is 20.1 Å². The molecule has 1 aliphatic carbocycles. The highest BCUT2D eigenvalue weighted by Crippen LogP contribution is 2.36. The lowest BCUT2D eigenvalue weighted by Gasteiger charge is -2.52. The van der Waals surface area contributed by atoms with Crippen LogP contribution < -0.4 is 10.1 Å². The fourth-order valence-electron chi connectivity index (χ4n) is 6.73. The van der Waals surface area contributed by atoms with E-state index in [1.54, 1.807) is 12.1 Å². The summed E-state index contributed by atoms with van der Waals surface area (Å²) in [6, 6.07) is 13.9. The lowest BCUT2D eigenvalue weighted by Crippen LogP contribution is -2.73. The van der Waals surface area contributed by atoms with Gasteiger partial charge in [0.15, 0.2) is 0 Å². The standard InChI is InChI=1S/C33H43N3O5/c1-2-3-19-36-30(37)29(22-24-7-5-4-6-8-24)34-32(40)33(36)17-20-35(21-18-33)23-25-9-13-27(14-10-25)41-28-15-11-26(12-16-28)31(38)39/h9-16,24,29H,2-8,17-23H2,1H3,(H,34,40)(H,38,39). The van der Waals surface area contributed by atoms with E-state index >= 15 is 0 Å². The van der Waals surface area contributed by atoms with Crippen molar-refractivity contribution in [1.82, 2.24) is 15.1 Å². The zero-order valence-electron chi connectivity index (χ0n) is 24.1. The number of rotatable bonds is 10. The van der Waals surface area contributed by atoms with Crippen LogP contribution in [0, 0.1) is 5.92 Å². The number of ether oxygens (including phenoxy) is 1. The zero-order valence-corrected chi connectivity index (χ0v) is 24.1. The van der Waals surface area contributed by atoms with E-state index in [1.807, 2.05) is 29.2 Å². The Labute approximate surface area is 243 Å². The first-order chi connectivity index (χ1) is 19.9. The molecule has 5 rings (SSSR count). The predicted molar refractivity (Wildman–Crippen MR) is 157 cm³/mol. The van der Waals surface area contributed by atoms with E-state index in [4.69, 9.17) is 9.84 Å². The van der Waals surface area contributed by atoms with Crippen molar-refractivity contribution in [2.75, 3.05) is 19.6 Å². The van der Waals surface area contributed by atoms with Crippen molar-refractivity contribution in [3.05, 3.63) is 59.7 Å². The van der Waals surface area contributed by atoms with Gasteiger partial charge in [0.25, 0.3) is 0 Å². The van der Waals surface area contributed by atoms with Crippen molar-refractivity contribution >= 4 is 17.8 Å². The molecule has 41 heavy (non-hydrogen) atoms. The van der Waals surface area contributed by atoms with Crippen LogP contribution >= 0.6 is 0 Å². The van der Waals surface area contributed by atoms with Crippen molar-refractivity contribution in [1.29, 1.82) is 0 Å². The summed E-state index contributed by atoms with van der Waals surface area (Å²) in [7, 11) is 0. The van der Waals surface area contributed by atoms with Crippen LogP contribution in [0.25, 0.3) is 0 Å². The molecule has 1 spiro atoms. The van der Waals surface area contributed by atoms with E-state index in [0.29, 0.717) is 36.8 Å². The van der Waals surface area contributed by atoms with E-state index in [0.717, 1.165) is 44.5 Å². The van der Waals surface area contributed by atoms with Gasteiger partial charge in [-0.05, 0) is 73.6 Å². The van der Waals surface area contributed by atoms with E-state index in [9.17, 15) is 14.4 Å². The lowest BCUT2D eigenvalue weighted by atomic mass is 9.79. The van der Waals surface area contributed by atoms with E-state index in [-0.39, 0.29) is 23.4 Å². The number of unbranched alkanes of at least 4 members (excludes halogenated alkanes) is 1. The monoisotopic (exact) mass is 561 g/mol. The van der Waals surface area contributed by atoms with Gasteiger partial charge in [0, 0.05) is 26.2 Å². The average molecular weight is 562 g/mol. The van der Waals surface area contributed by atoms with Crippen LogP contribution in [0.4, 0.5) is 0 Å². The maximum atomic E-state index is 13.8. The summed E-state index contributed by atoms with van der Waals surface area (Å²) in [6.07, 6.45) is 10.1. The molecule has 0 radical (unpaired) electrons. The van der Waals surface area contributed by atoms with Crippen molar-refractivity contribution in [2.24, 2.45) is 5.92 Å². The molecular formula is C33H43N3O5. The third-order valence-corrected chi connectivity index (χ3v) is 9.19. The smallest absolute Gasteiger partial charge is 0.335 e. The normalized spacial score (nSPS) is 21.6. The summed E-state index contributed by atoms with van der Waals surface area (Å²) < 4.78 is 5.87. The first kappa shape index (κ1) is 29.1. The molecule has 3 aliphatic rings. The highest BCUT2D eigenvalue weighted by molar-refractivity contribution is 6.00. The summed E-state index contributed by atoms with van der Waals surface area (Å²) in [6.45, 7) is 5.06. The zero-order chi connectivity index (χ0) is 28.8. The van der Waals surface area contributed by atoms with Crippen molar-refractivity contribution < 1.29 is 24.2 Å². The van der Waals surface area contributed by atoms with Crippen LogP contribution in [0.5, 0.6) is 11.5 Å². The number of amides is 2. The highest BCUT2D eigenvalue weighted by Gasteiger charge is 2.53. The third kappa shape index (κ3) is 6.75. The fourth-order valence-corrected chi connectivity index (χ4v) is 6.73. The quantitative estimate of drug-likeness (QED) is 0.391. The summed E-state index contributed by atoms with van der Waals surface area (Å²) in [4.78, 5) is 42.8. The first-order valence-electron chi connectivity index (χ1n) is 15.3. The minimum atomic E-state index is -0.965. The summed E-state index contributed by atoms with van der Waals surface area (Å²) in [5, 5.41) is 12.2. The van der Waals surface area contributed by atoms with Crippen LogP contribution in [0.15, 0.2) is 48.5 Å². The van der Waals surface area contributed by atoms with Crippen LogP contribution in [-0.4, -0.2) is 63.9 Å². The molecule has 2 heterocycles. The Kier molecular flexibility index (Phi) is 9.28. The van der Waals surface area contributed by atoms with Gasteiger partial charge in [0.2, 0.25) is 11.8 Å². The molecule has 8 nitrogen and oxygen atoms in total. The number of likely N-dealkylation sites (tertiary alicyclic amines) is 1. The Morgan fingerprint density at radius 2 is 1.61 bits per heavy atom. The SMILES string of the molecule is CCCCN1C(=O)C(CC2CCCCC2)NC(=O)C12CCN(Cc1ccc(Oc3ccc(C(=O)O)cc3)cc1)CC2. The lowest BCUT2D eigenvalue weighted by molar-refractivity contribution is -0.162. The molecule has 1 unspecified atom stereocenters. The molecular weight excluding hydrogens is 518 g/mol.